The highest BCUT2D eigenvalue weighted by Crippen LogP contribution is 2.49. The Hall–Kier alpha value is -4.56. The SMILES string of the molecule is CC1C=C(C2=CC=CCC2)CCC1N(c1ccc2c(c1)N(C1CC=C(c3ccc(C4C=CC=CC4)cc3)CC1)C1CC=CC=C21)C1C=CC=CC1. The minimum Gasteiger partial charge on any atom is -0.361 e. The lowest BCUT2D eigenvalue weighted by Crippen LogP contribution is -2.47. The van der Waals surface area contributed by atoms with Crippen LogP contribution in [0.4, 0.5) is 11.4 Å². The Morgan fingerprint density at radius 1 is 0.686 bits per heavy atom. The smallest absolute Gasteiger partial charge is 0.0587 e. The third-order valence-electron chi connectivity index (χ3n) is 12.7. The van der Waals surface area contributed by atoms with Gasteiger partial charge in [0.15, 0.2) is 0 Å². The molecule has 2 heteroatoms. The maximum absolute atomic E-state index is 2.84. The summed E-state index contributed by atoms with van der Waals surface area (Å²) in [6, 6.07) is 18.8. The van der Waals surface area contributed by atoms with E-state index in [1.165, 1.54) is 71.3 Å². The first-order chi connectivity index (χ1) is 25.2. The average molecular weight is 669 g/mol. The Balaban J connectivity index is 1.01. The fourth-order valence-electron chi connectivity index (χ4n) is 10.0. The molecule has 0 N–H and O–H groups in total. The van der Waals surface area contributed by atoms with Gasteiger partial charge in [0, 0.05) is 34.9 Å². The molecule has 1 aliphatic heterocycles. The highest BCUT2D eigenvalue weighted by atomic mass is 15.2. The summed E-state index contributed by atoms with van der Waals surface area (Å²) < 4.78 is 0. The van der Waals surface area contributed by atoms with E-state index in [9.17, 15) is 0 Å². The number of anilines is 2. The van der Waals surface area contributed by atoms with Crippen LogP contribution in [0.1, 0.15) is 93.7 Å². The second kappa shape index (κ2) is 14.2. The van der Waals surface area contributed by atoms with Crippen molar-refractivity contribution >= 4 is 22.5 Å². The summed E-state index contributed by atoms with van der Waals surface area (Å²) in [6.45, 7) is 2.47. The van der Waals surface area contributed by atoms with Crippen molar-refractivity contribution in [1.82, 2.24) is 0 Å². The Morgan fingerprint density at radius 3 is 2.25 bits per heavy atom. The molecule has 0 saturated carbocycles. The lowest BCUT2D eigenvalue weighted by Gasteiger charge is -2.44. The number of benzene rings is 2. The number of nitrogens with zero attached hydrogens (tertiary/aromatic N) is 2. The average Bonchev–Trinajstić information content (AvgIpc) is 3.53. The van der Waals surface area contributed by atoms with Crippen molar-refractivity contribution in [2.24, 2.45) is 5.92 Å². The fraction of sp³-hybridized carbons (Fsp3) is 0.347. The molecule has 6 atom stereocenters. The van der Waals surface area contributed by atoms with Crippen LogP contribution in [0.3, 0.4) is 0 Å². The first-order valence-corrected chi connectivity index (χ1v) is 19.8. The van der Waals surface area contributed by atoms with Gasteiger partial charge < -0.3 is 9.80 Å². The van der Waals surface area contributed by atoms with Gasteiger partial charge in [-0.05, 0) is 116 Å². The van der Waals surface area contributed by atoms with Crippen LogP contribution < -0.4 is 9.80 Å². The molecule has 0 aromatic heterocycles. The normalized spacial score (nSPS) is 29.2. The van der Waals surface area contributed by atoms with Crippen molar-refractivity contribution in [3.05, 3.63) is 168 Å². The lowest BCUT2D eigenvalue weighted by molar-refractivity contribution is 0.419. The molecule has 2 aromatic carbocycles. The zero-order valence-electron chi connectivity index (χ0n) is 30.2. The molecule has 1 heterocycles. The van der Waals surface area contributed by atoms with Crippen LogP contribution in [-0.4, -0.2) is 24.2 Å². The summed E-state index contributed by atoms with van der Waals surface area (Å²) in [4.78, 5) is 5.65. The van der Waals surface area contributed by atoms with Gasteiger partial charge in [-0.1, -0.05) is 134 Å². The maximum Gasteiger partial charge on any atom is 0.0587 e. The van der Waals surface area contributed by atoms with E-state index in [2.05, 4.69) is 156 Å². The van der Waals surface area contributed by atoms with Gasteiger partial charge in [0.05, 0.1) is 12.1 Å². The number of allylic oxidation sites excluding steroid dienone is 14. The number of hydrogen-bond acceptors (Lipinski definition) is 2. The van der Waals surface area contributed by atoms with Gasteiger partial charge in [-0.3, -0.25) is 0 Å². The third kappa shape index (κ3) is 6.32. The van der Waals surface area contributed by atoms with Crippen LogP contribution in [0.5, 0.6) is 0 Å². The predicted octanol–water partition coefficient (Wildman–Crippen LogP) is 12.1. The van der Waals surface area contributed by atoms with Crippen LogP contribution in [0, 0.1) is 5.92 Å². The van der Waals surface area contributed by atoms with E-state index >= 15 is 0 Å². The fourth-order valence-corrected chi connectivity index (χ4v) is 10.0. The highest BCUT2D eigenvalue weighted by molar-refractivity contribution is 5.91. The summed E-state index contributed by atoms with van der Waals surface area (Å²) in [6.07, 6.45) is 48.8. The van der Waals surface area contributed by atoms with E-state index in [1.54, 1.807) is 11.1 Å². The molecule has 9 rings (SSSR count). The van der Waals surface area contributed by atoms with Crippen molar-refractivity contribution in [1.29, 1.82) is 0 Å². The van der Waals surface area contributed by atoms with Gasteiger partial charge in [0.25, 0.3) is 0 Å². The minimum absolute atomic E-state index is 0.377. The summed E-state index contributed by atoms with van der Waals surface area (Å²) in [5, 5.41) is 0. The van der Waals surface area contributed by atoms with Gasteiger partial charge in [0.2, 0.25) is 0 Å². The van der Waals surface area contributed by atoms with E-state index in [-0.39, 0.29) is 0 Å². The van der Waals surface area contributed by atoms with Crippen molar-refractivity contribution in [2.75, 3.05) is 9.80 Å². The summed E-state index contributed by atoms with van der Waals surface area (Å²) in [5.74, 6) is 1.000. The van der Waals surface area contributed by atoms with Crippen molar-refractivity contribution in [2.45, 2.75) is 101 Å². The van der Waals surface area contributed by atoms with E-state index in [1.807, 2.05) is 0 Å². The molecule has 6 aliphatic carbocycles. The molecule has 258 valence electrons. The Labute approximate surface area is 306 Å². The molecular formula is C49H52N2. The molecular weight excluding hydrogens is 617 g/mol. The summed E-state index contributed by atoms with van der Waals surface area (Å²) in [7, 11) is 0. The first-order valence-electron chi connectivity index (χ1n) is 19.8. The second-order valence-corrected chi connectivity index (χ2v) is 15.7. The van der Waals surface area contributed by atoms with Crippen molar-refractivity contribution < 1.29 is 0 Å². The van der Waals surface area contributed by atoms with E-state index in [4.69, 9.17) is 0 Å². The number of hydrogen-bond donors (Lipinski definition) is 0. The van der Waals surface area contributed by atoms with Crippen LogP contribution in [-0.2, 0) is 0 Å². The van der Waals surface area contributed by atoms with Gasteiger partial charge in [-0.25, -0.2) is 0 Å². The Bertz CT molecular complexity index is 1950. The summed E-state index contributed by atoms with van der Waals surface area (Å²) >= 11 is 0. The molecule has 6 unspecified atom stereocenters. The molecule has 0 spiro atoms. The van der Waals surface area contributed by atoms with Crippen LogP contribution in [0.25, 0.3) is 11.1 Å². The second-order valence-electron chi connectivity index (χ2n) is 15.7. The van der Waals surface area contributed by atoms with Crippen LogP contribution in [0.15, 0.2) is 151 Å². The molecule has 0 amide bonds. The van der Waals surface area contributed by atoms with Crippen molar-refractivity contribution in [3.8, 4) is 0 Å². The van der Waals surface area contributed by atoms with E-state index < -0.39 is 0 Å². The zero-order valence-corrected chi connectivity index (χ0v) is 30.2. The van der Waals surface area contributed by atoms with Gasteiger partial charge in [-0.2, -0.15) is 0 Å². The lowest BCUT2D eigenvalue weighted by atomic mass is 9.80. The van der Waals surface area contributed by atoms with Gasteiger partial charge in [0.1, 0.15) is 0 Å². The summed E-state index contributed by atoms with van der Waals surface area (Å²) in [5.41, 5.74) is 13.3. The van der Waals surface area contributed by atoms with E-state index in [0.29, 0.717) is 36.0 Å². The molecule has 0 fully saturated rings. The molecule has 0 radical (unpaired) electrons. The van der Waals surface area contributed by atoms with Crippen LogP contribution in [0.2, 0.25) is 0 Å². The topological polar surface area (TPSA) is 6.48 Å². The largest absolute Gasteiger partial charge is 0.361 e. The van der Waals surface area contributed by atoms with Crippen molar-refractivity contribution in [3.63, 3.8) is 0 Å². The highest BCUT2D eigenvalue weighted by Gasteiger charge is 2.40. The third-order valence-corrected chi connectivity index (χ3v) is 12.7. The monoisotopic (exact) mass is 668 g/mol. The Morgan fingerprint density at radius 2 is 1.51 bits per heavy atom. The van der Waals surface area contributed by atoms with Gasteiger partial charge >= 0.3 is 0 Å². The zero-order chi connectivity index (χ0) is 34.1. The van der Waals surface area contributed by atoms with Crippen LogP contribution >= 0.6 is 0 Å². The predicted molar refractivity (Wildman–Crippen MR) is 218 cm³/mol. The Kier molecular flexibility index (Phi) is 9.02. The van der Waals surface area contributed by atoms with E-state index in [0.717, 1.165) is 32.1 Å². The quantitative estimate of drug-likeness (QED) is 0.290. The molecule has 0 saturated heterocycles. The minimum atomic E-state index is 0.377. The van der Waals surface area contributed by atoms with Gasteiger partial charge in [-0.15, -0.1) is 0 Å². The maximum atomic E-state index is 2.84. The standard InChI is InChI=1S/C49H52N2/c1-35-33-41(37-15-7-3-8-16-37)27-32-47(35)50(42-17-9-4-10-18-42)44-30-31-46-45-19-11-12-20-48(45)51(49(46)34-44)43-28-25-40(26-29-43)39-23-21-38(22-24-39)36-13-5-2-6-14-36/h2-7,9-13,15,17,19,21-25,30-31,33-36,42-43,47-48H,8,14,16,18,20,26-29,32H2,1H3. The molecule has 7 aliphatic rings. The first kappa shape index (κ1) is 32.4. The molecule has 0 bridgehead atoms. The molecule has 2 nitrogen and oxygen atoms in total. The molecule has 2 aromatic rings. The number of rotatable bonds is 7. The number of fused-ring (bicyclic) bond motifs is 3. The molecule has 51 heavy (non-hydrogen) atoms.